The van der Waals surface area contributed by atoms with Crippen LogP contribution in [0.5, 0.6) is 11.5 Å². The van der Waals surface area contributed by atoms with Gasteiger partial charge in [0.15, 0.2) is 5.03 Å². The lowest BCUT2D eigenvalue weighted by Crippen LogP contribution is -2.31. The predicted molar refractivity (Wildman–Crippen MR) is 114 cm³/mol. The van der Waals surface area contributed by atoms with Crippen LogP contribution in [0.3, 0.4) is 0 Å². The van der Waals surface area contributed by atoms with Crippen LogP contribution in [0, 0.1) is 0 Å². The van der Waals surface area contributed by atoms with Gasteiger partial charge >= 0.3 is 0 Å². The first-order valence-electron chi connectivity index (χ1n) is 8.56. The summed E-state index contributed by atoms with van der Waals surface area (Å²) in [6.45, 7) is 0. The van der Waals surface area contributed by atoms with Gasteiger partial charge in [-0.05, 0) is 48.5 Å². The van der Waals surface area contributed by atoms with Crippen LogP contribution in [-0.2, 0) is 10.0 Å². The Labute approximate surface area is 181 Å². The Kier molecular flexibility index (Phi) is 5.38. The second kappa shape index (κ2) is 7.98. The summed E-state index contributed by atoms with van der Waals surface area (Å²) in [6, 6.07) is 15.9. The maximum absolute atomic E-state index is 12.4. The lowest BCUT2D eigenvalue weighted by molar-refractivity contribution is 0.0977. The molecule has 152 valence electrons. The van der Waals surface area contributed by atoms with Gasteiger partial charge in [0.1, 0.15) is 17.2 Å². The van der Waals surface area contributed by atoms with Crippen molar-refractivity contribution in [3.63, 3.8) is 0 Å². The highest BCUT2D eigenvalue weighted by Gasteiger charge is 2.21. The molecule has 0 aliphatic carbocycles. The van der Waals surface area contributed by atoms with Crippen LogP contribution in [0.15, 0.2) is 71.9 Å². The van der Waals surface area contributed by atoms with Crippen LogP contribution in [0.4, 0.5) is 0 Å². The Morgan fingerprint density at radius 2 is 1.73 bits per heavy atom. The monoisotopic (exact) mass is 461 g/mol. The Hall–Kier alpha value is -3.07. The highest BCUT2D eigenvalue weighted by molar-refractivity contribution is 7.90. The summed E-state index contributed by atoms with van der Waals surface area (Å²) in [5.41, 5.74) is 0.716. The van der Waals surface area contributed by atoms with Crippen LogP contribution < -0.4 is 9.46 Å². The number of hydrogen-bond acceptors (Lipinski definition) is 5. The van der Waals surface area contributed by atoms with Crippen molar-refractivity contribution in [1.82, 2.24) is 14.7 Å². The van der Waals surface area contributed by atoms with Crippen molar-refractivity contribution in [2.75, 3.05) is 0 Å². The van der Waals surface area contributed by atoms with Crippen LogP contribution >= 0.6 is 23.2 Å². The fraction of sp³-hybridized carbons (Fsp3) is 0. The zero-order valence-corrected chi connectivity index (χ0v) is 17.4. The largest absolute Gasteiger partial charge is 0.457 e. The highest BCUT2D eigenvalue weighted by atomic mass is 35.5. The van der Waals surface area contributed by atoms with E-state index in [1.807, 2.05) is 4.72 Å². The molecule has 0 radical (unpaired) electrons. The minimum Gasteiger partial charge on any atom is -0.457 e. The van der Waals surface area contributed by atoms with Gasteiger partial charge in [0.2, 0.25) is 0 Å². The van der Waals surface area contributed by atoms with E-state index in [1.54, 1.807) is 42.5 Å². The molecular formula is C20H13Cl2N3O4S. The van der Waals surface area contributed by atoms with Crippen molar-refractivity contribution in [3.05, 3.63) is 82.6 Å². The summed E-state index contributed by atoms with van der Waals surface area (Å²) >= 11 is 11.9. The lowest BCUT2D eigenvalue weighted by Gasteiger charge is -2.06. The number of rotatable bonds is 5. The van der Waals surface area contributed by atoms with Crippen molar-refractivity contribution in [3.8, 4) is 11.5 Å². The fourth-order valence-electron chi connectivity index (χ4n) is 2.71. The molecule has 4 rings (SSSR count). The van der Waals surface area contributed by atoms with E-state index in [4.69, 9.17) is 27.9 Å². The number of fused-ring (bicyclic) bond motifs is 1. The third-order valence-corrected chi connectivity index (χ3v) is 6.09. The van der Waals surface area contributed by atoms with Crippen molar-refractivity contribution < 1.29 is 17.9 Å². The summed E-state index contributed by atoms with van der Waals surface area (Å²) in [5.74, 6) is 0.204. The molecule has 30 heavy (non-hydrogen) atoms. The Balaban J connectivity index is 1.56. The number of H-pyrrole nitrogens is 1. The number of hydrogen-bond donors (Lipinski definition) is 2. The van der Waals surface area contributed by atoms with E-state index < -0.39 is 15.9 Å². The average Bonchev–Trinajstić information content (AvgIpc) is 3.15. The summed E-state index contributed by atoms with van der Waals surface area (Å²) in [4.78, 5) is 19.1. The SMILES string of the molecule is O=C(NS(=O)(=O)c1ccccn1)c1cc2cc(Oc3ccc(Cl)c(Cl)c3)ccc2[nH]1. The number of ether oxygens (including phenoxy) is 1. The zero-order chi connectivity index (χ0) is 21.3. The molecule has 2 heterocycles. The Bertz CT molecular complexity index is 1360. The van der Waals surface area contributed by atoms with Crippen molar-refractivity contribution in [2.24, 2.45) is 0 Å². The maximum Gasteiger partial charge on any atom is 0.281 e. The predicted octanol–water partition coefficient (Wildman–Crippen LogP) is 4.78. The van der Waals surface area contributed by atoms with Gasteiger partial charge in [-0.25, -0.2) is 9.71 Å². The second-order valence-electron chi connectivity index (χ2n) is 6.21. The minimum atomic E-state index is -4.08. The van der Waals surface area contributed by atoms with E-state index in [2.05, 4.69) is 9.97 Å². The average molecular weight is 462 g/mol. The van der Waals surface area contributed by atoms with Gasteiger partial charge in [0, 0.05) is 23.2 Å². The molecule has 0 atom stereocenters. The van der Waals surface area contributed by atoms with Gasteiger partial charge in [-0.15, -0.1) is 0 Å². The molecule has 2 N–H and O–H groups in total. The number of benzene rings is 2. The Morgan fingerprint density at radius 1 is 0.967 bits per heavy atom. The first-order valence-corrected chi connectivity index (χ1v) is 10.8. The summed E-state index contributed by atoms with van der Waals surface area (Å²) in [7, 11) is -4.08. The summed E-state index contributed by atoms with van der Waals surface area (Å²) in [5, 5.41) is 1.20. The fourth-order valence-corrected chi connectivity index (χ4v) is 3.91. The Morgan fingerprint density at radius 3 is 2.47 bits per heavy atom. The first-order chi connectivity index (χ1) is 14.3. The van der Waals surface area contributed by atoms with Gasteiger partial charge in [-0.2, -0.15) is 8.42 Å². The van der Waals surface area contributed by atoms with E-state index in [0.29, 0.717) is 32.4 Å². The number of amides is 1. The molecule has 7 nitrogen and oxygen atoms in total. The van der Waals surface area contributed by atoms with Gasteiger partial charge < -0.3 is 9.72 Å². The molecule has 0 saturated carbocycles. The molecule has 2 aromatic carbocycles. The van der Waals surface area contributed by atoms with E-state index in [1.165, 1.54) is 24.4 Å². The van der Waals surface area contributed by atoms with Crippen LogP contribution in [0.2, 0.25) is 10.0 Å². The molecule has 2 aromatic heterocycles. The van der Waals surface area contributed by atoms with Crippen molar-refractivity contribution in [1.29, 1.82) is 0 Å². The molecule has 0 aliphatic rings. The molecule has 1 amide bonds. The molecule has 4 aromatic rings. The number of sulfonamides is 1. The molecule has 10 heteroatoms. The molecule has 0 bridgehead atoms. The van der Waals surface area contributed by atoms with Gasteiger partial charge in [-0.3, -0.25) is 4.79 Å². The summed E-state index contributed by atoms with van der Waals surface area (Å²) < 4.78 is 32.3. The number of halogens is 2. The van der Waals surface area contributed by atoms with E-state index in [0.717, 1.165) is 0 Å². The minimum absolute atomic E-state index is 0.0798. The number of carbonyl (C=O) groups is 1. The first kappa shape index (κ1) is 20.2. The molecule has 0 unspecified atom stereocenters. The number of aromatic nitrogens is 2. The van der Waals surface area contributed by atoms with E-state index in [-0.39, 0.29) is 10.7 Å². The second-order valence-corrected chi connectivity index (χ2v) is 8.66. The van der Waals surface area contributed by atoms with Gasteiger partial charge in [-0.1, -0.05) is 29.3 Å². The van der Waals surface area contributed by atoms with Crippen molar-refractivity contribution >= 4 is 50.0 Å². The number of carbonyl (C=O) groups excluding carboxylic acids is 1. The quantitative estimate of drug-likeness (QED) is 0.445. The molecule has 0 aliphatic heterocycles. The maximum atomic E-state index is 12.4. The van der Waals surface area contributed by atoms with E-state index >= 15 is 0 Å². The van der Waals surface area contributed by atoms with Crippen LogP contribution in [0.25, 0.3) is 10.9 Å². The normalized spacial score (nSPS) is 11.4. The standard InChI is InChI=1S/C20H13Cl2N3O4S/c21-15-6-4-14(11-16(15)22)29-13-5-7-17-12(9-13)10-18(24-17)20(26)25-30(27,28)19-3-1-2-8-23-19/h1-11,24H,(H,25,26). The topological polar surface area (TPSA) is 101 Å². The number of pyridine rings is 1. The van der Waals surface area contributed by atoms with Gasteiger partial charge in [0.05, 0.1) is 10.0 Å². The number of nitrogens with one attached hydrogen (secondary N) is 2. The number of aromatic amines is 1. The van der Waals surface area contributed by atoms with Crippen LogP contribution in [-0.4, -0.2) is 24.3 Å². The summed E-state index contributed by atoms with van der Waals surface area (Å²) in [6.07, 6.45) is 1.33. The van der Waals surface area contributed by atoms with Crippen LogP contribution in [0.1, 0.15) is 10.5 Å². The third kappa shape index (κ3) is 4.25. The lowest BCUT2D eigenvalue weighted by atomic mass is 10.2. The molecule has 0 spiro atoms. The van der Waals surface area contributed by atoms with Crippen molar-refractivity contribution in [2.45, 2.75) is 5.03 Å². The number of nitrogens with zero attached hydrogens (tertiary/aromatic N) is 1. The van der Waals surface area contributed by atoms with E-state index in [9.17, 15) is 13.2 Å². The molecule has 0 fully saturated rings. The highest BCUT2D eigenvalue weighted by Crippen LogP contribution is 2.31. The molecule has 0 saturated heterocycles. The third-order valence-electron chi connectivity index (χ3n) is 4.10. The zero-order valence-electron chi connectivity index (χ0n) is 15.1. The van der Waals surface area contributed by atoms with Gasteiger partial charge in [0.25, 0.3) is 15.9 Å². The smallest absolute Gasteiger partial charge is 0.281 e. The molecular weight excluding hydrogens is 449 g/mol.